The van der Waals surface area contributed by atoms with Gasteiger partial charge in [0.1, 0.15) is 30.0 Å². The maximum Gasteiger partial charge on any atom is 0.248 e. The third kappa shape index (κ3) is 9.33. The van der Waals surface area contributed by atoms with Crippen molar-refractivity contribution in [3.63, 3.8) is 0 Å². The lowest BCUT2D eigenvalue weighted by Gasteiger charge is -2.44. The van der Waals surface area contributed by atoms with Crippen LogP contribution < -0.4 is 10.1 Å². The highest BCUT2D eigenvalue weighted by Crippen LogP contribution is 2.53. The fraction of sp³-hybridized carbons (Fsp3) is 0.634. The number of carbonyl (C=O) groups is 3. The lowest BCUT2D eigenvalue weighted by molar-refractivity contribution is -0.256. The summed E-state index contributed by atoms with van der Waals surface area (Å²) in [7, 11) is 6.46. The van der Waals surface area contributed by atoms with E-state index in [-0.39, 0.29) is 89.7 Å². The van der Waals surface area contributed by atoms with Crippen LogP contribution in [0, 0.1) is 0 Å². The molecule has 4 N–H and O–H groups in total. The number of methoxy groups -OCH3 is 2. The number of ether oxygens (including phenoxy) is 8. The Hall–Kier alpha value is -3.05. The monoisotopic (exact) mass is 879 g/mol. The minimum absolute atomic E-state index is 0.0180. The smallest absolute Gasteiger partial charge is 0.248 e. The number of fused-ring (bicyclic) bond motifs is 6. The Morgan fingerprint density at radius 1 is 1.05 bits per heavy atom. The fourth-order valence-corrected chi connectivity index (χ4v) is 8.97. The molecule has 3 aliphatic heterocycles. The maximum atomic E-state index is 14.1. The zero-order valence-corrected chi connectivity index (χ0v) is 36.4. The summed E-state index contributed by atoms with van der Waals surface area (Å²) in [4.78, 5) is 44.5. The van der Waals surface area contributed by atoms with E-state index in [1.54, 1.807) is 26.3 Å². The molecule has 17 nitrogen and oxygen atoms in total. The zero-order valence-electron chi connectivity index (χ0n) is 34.6. The van der Waals surface area contributed by atoms with Gasteiger partial charge in [-0.15, -0.1) is 23.3 Å². The normalized spacial score (nSPS) is 28.1. The largest absolute Gasteiger partial charge is 0.507 e. The number of hydrogen-bond acceptors (Lipinski definition) is 18. The topological polar surface area (TPSA) is 204 Å². The molecule has 0 saturated carbocycles. The Morgan fingerprint density at radius 3 is 2.55 bits per heavy atom. The van der Waals surface area contributed by atoms with Crippen LogP contribution in [-0.4, -0.2) is 166 Å². The number of rotatable bonds is 16. The SMILES string of the molecule is CNCCOCCN(C)C(=O)COCCC[C@]1(O)Cc2c(O)c3c(c(O)c2C(O[C@H]2CC4C(O[C@@H]5C(OC)OCCN45)C(C)O2)C1)C(=O)c1c(OC)cccc1C3=O.SS. The Kier molecular flexibility index (Phi) is 15.8. The van der Waals surface area contributed by atoms with Gasteiger partial charge in [0.2, 0.25) is 11.7 Å². The summed E-state index contributed by atoms with van der Waals surface area (Å²) in [5, 5.41) is 39.2. The first-order chi connectivity index (χ1) is 28.9. The quantitative estimate of drug-likeness (QED) is 0.0530. The number of likely N-dealkylation sites (N-methyl/N-ethyl adjacent to an activating group) is 2. The van der Waals surface area contributed by atoms with Crippen LogP contribution in [0.4, 0.5) is 0 Å². The van der Waals surface area contributed by atoms with Gasteiger partial charge >= 0.3 is 0 Å². The van der Waals surface area contributed by atoms with E-state index in [9.17, 15) is 29.7 Å². The molecule has 19 heteroatoms. The number of carbonyl (C=O) groups excluding carboxylic acids is 3. The second kappa shape index (κ2) is 20.4. The van der Waals surface area contributed by atoms with E-state index in [1.807, 2.05) is 14.0 Å². The Morgan fingerprint density at radius 2 is 1.82 bits per heavy atom. The second-order valence-electron chi connectivity index (χ2n) is 15.6. The molecule has 5 unspecified atom stereocenters. The molecular formula is C41H57N3O14S2. The van der Waals surface area contributed by atoms with Crippen LogP contribution in [0.15, 0.2) is 18.2 Å². The molecule has 2 aromatic carbocycles. The first-order valence-electron chi connectivity index (χ1n) is 20.1. The van der Waals surface area contributed by atoms with Crippen molar-refractivity contribution in [1.82, 2.24) is 15.1 Å². The Balaban J connectivity index is 0.00000297. The standard InChI is InChI=1S/C41H55N3O14.H2S2/c1-22-38-25(44-13-17-55-40(52-5)39(44)58-38)18-29(56-22)57-27-20-41(50,10-7-14-54-21-28(45)43(3)12-16-53-15-11-42-2)19-24-31(27)37(49)33-32(35(24)47)34(46)23-8-6-9-26(51-4)30(23)36(33)48;1-2/h6,8-9,22,25,27,29,38-40,42,47,49-50H,7,10-21H2,1-5H3;1-2H/t22?,25?,27?,29-,38?,39+,40?,41-;/m0./s1. The molecule has 3 heterocycles. The van der Waals surface area contributed by atoms with Crippen molar-refractivity contribution in [2.75, 3.05) is 81.0 Å². The van der Waals surface area contributed by atoms with Gasteiger partial charge in [-0.25, -0.2) is 0 Å². The summed E-state index contributed by atoms with van der Waals surface area (Å²) in [6, 6.07) is 4.46. The number of thiol groups is 2. The van der Waals surface area contributed by atoms with E-state index in [2.05, 4.69) is 33.5 Å². The number of benzene rings is 2. The van der Waals surface area contributed by atoms with Crippen molar-refractivity contribution in [3.05, 3.63) is 51.6 Å². The number of hydrogen-bond donors (Lipinski definition) is 6. The molecule has 3 saturated heterocycles. The van der Waals surface area contributed by atoms with Crippen LogP contribution in [0.5, 0.6) is 17.2 Å². The molecule has 0 bridgehead atoms. The molecule has 7 rings (SSSR count). The number of phenols is 2. The van der Waals surface area contributed by atoms with Crippen molar-refractivity contribution in [2.24, 2.45) is 0 Å². The second-order valence-corrected chi connectivity index (χ2v) is 15.6. The highest BCUT2D eigenvalue weighted by molar-refractivity contribution is 8.59. The van der Waals surface area contributed by atoms with E-state index in [0.29, 0.717) is 52.3 Å². The summed E-state index contributed by atoms with van der Waals surface area (Å²) >= 11 is 6.44. The van der Waals surface area contributed by atoms with Crippen LogP contribution >= 0.6 is 23.3 Å². The Bertz CT molecular complexity index is 1870. The van der Waals surface area contributed by atoms with Gasteiger partial charge in [-0.05, 0) is 32.9 Å². The van der Waals surface area contributed by atoms with E-state index >= 15 is 0 Å². The average Bonchev–Trinajstić information content (AvgIpc) is 3.63. The third-order valence-electron chi connectivity index (χ3n) is 11.9. The van der Waals surface area contributed by atoms with E-state index in [4.69, 9.17) is 37.9 Å². The summed E-state index contributed by atoms with van der Waals surface area (Å²) in [5.74, 6) is -2.42. The molecule has 8 atom stereocenters. The number of ketones is 2. The van der Waals surface area contributed by atoms with Crippen LogP contribution in [0.2, 0.25) is 0 Å². The van der Waals surface area contributed by atoms with Crippen LogP contribution in [0.25, 0.3) is 0 Å². The lowest BCUT2D eigenvalue weighted by atomic mass is 9.72. The molecule has 2 aromatic rings. The molecule has 3 fully saturated rings. The van der Waals surface area contributed by atoms with Crippen LogP contribution in [-0.2, 0) is 44.4 Å². The first-order valence-corrected chi connectivity index (χ1v) is 21.7. The van der Waals surface area contributed by atoms with Crippen molar-refractivity contribution in [2.45, 2.75) is 87.8 Å². The predicted molar refractivity (Wildman–Crippen MR) is 222 cm³/mol. The Labute approximate surface area is 360 Å². The number of nitrogens with one attached hydrogen (secondary N) is 1. The van der Waals surface area contributed by atoms with E-state index < -0.39 is 59.7 Å². The molecule has 332 valence electrons. The minimum atomic E-state index is -1.52. The van der Waals surface area contributed by atoms with E-state index in [0.717, 1.165) is 0 Å². The summed E-state index contributed by atoms with van der Waals surface area (Å²) in [6.07, 6.45) is -3.01. The summed E-state index contributed by atoms with van der Waals surface area (Å²) in [5.41, 5.74) is -2.01. The van der Waals surface area contributed by atoms with Gasteiger partial charge in [0.15, 0.2) is 24.6 Å². The van der Waals surface area contributed by atoms with Crippen LogP contribution in [0.3, 0.4) is 0 Å². The molecule has 0 spiro atoms. The first kappa shape index (κ1) is 46.5. The molecule has 0 radical (unpaired) electrons. The number of nitrogens with zero attached hydrogens (tertiary/aromatic N) is 2. The van der Waals surface area contributed by atoms with Gasteiger partial charge in [0.05, 0.1) is 61.4 Å². The minimum Gasteiger partial charge on any atom is -0.507 e. The fourth-order valence-electron chi connectivity index (χ4n) is 8.97. The third-order valence-corrected chi connectivity index (χ3v) is 11.9. The lowest BCUT2D eigenvalue weighted by Crippen LogP contribution is -2.55. The molecule has 1 amide bonds. The number of amides is 1. The van der Waals surface area contributed by atoms with Crippen molar-refractivity contribution >= 4 is 40.8 Å². The number of phenolic OH excluding ortho intramolecular Hbond substituents is 2. The summed E-state index contributed by atoms with van der Waals surface area (Å²) < 4.78 is 47.4. The van der Waals surface area contributed by atoms with Gasteiger partial charge < -0.3 is 63.4 Å². The van der Waals surface area contributed by atoms with Gasteiger partial charge in [0.25, 0.3) is 0 Å². The van der Waals surface area contributed by atoms with Gasteiger partial charge in [0, 0.05) is 82.4 Å². The van der Waals surface area contributed by atoms with Gasteiger partial charge in [-0.2, -0.15) is 0 Å². The summed E-state index contributed by atoms with van der Waals surface area (Å²) in [6.45, 7) is 5.01. The molecule has 60 heavy (non-hydrogen) atoms. The maximum absolute atomic E-state index is 14.1. The van der Waals surface area contributed by atoms with Crippen molar-refractivity contribution in [3.8, 4) is 17.2 Å². The average molecular weight is 880 g/mol. The molecule has 0 aromatic heterocycles. The predicted octanol–water partition coefficient (Wildman–Crippen LogP) is 2.40. The van der Waals surface area contributed by atoms with Gasteiger partial charge in [-0.3, -0.25) is 19.3 Å². The highest BCUT2D eigenvalue weighted by Gasteiger charge is 2.54. The highest BCUT2D eigenvalue weighted by atomic mass is 33.1. The van der Waals surface area contributed by atoms with Gasteiger partial charge in [-0.1, -0.05) is 12.1 Å². The molecule has 5 aliphatic rings. The zero-order chi connectivity index (χ0) is 43.3. The molecular weight excluding hydrogens is 823 g/mol. The number of morpholine rings is 1. The molecule has 2 aliphatic carbocycles. The van der Waals surface area contributed by atoms with Crippen molar-refractivity contribution in [1.29, 1.82) is 0 Å². The number of aliphatic hydroxyl groups is 1. The van der Waals surface area contributed by atoms with Crippen LogP contribution in [0.1, 0.15) is 81.7 Å². The van der Waals surface area contributed by atoms with E-state index in [1.165, 1.54) is 18.1 Å². The van der Waals surface area contributed by atoms with Crippen molar-refractivity contribution < 1.29 is 67.6 Å². The number of aromatic hydroxyl groups is 2.